The first kappa shape index (κ1) is 12.4. The molecule has 2 aliphatic rings. The molecule has 1 aliphatic heterocycles. The third-order valence-corrected chi connectivity index (χ3v) is 5.33. The minimum Gasteiger partial charge on any atom is -0.335 e. The Labute approximate surface area is 117 Å². The molecular weight excluding hydrogens is 264 g/mol. The van der Waals surface area contributed by atoms with Gasteiger partial charge < -0.3 is 5.32 Å². The van der Waals surface area contributed by atoms with E-state index in [1.54, 1.807) is 0 Å². The Kier molecular flexibility index (Phi) is 3.29. The van der Waals surface area contributed by atoms with Crippen LogP contribution in [0.25, 0.3) is 0 Å². The van der Waals surface area contributed by atoms with Crippen LogP contribution in [-0.4, -0.2) is 16.5 Å². The van der Waals surface area contributed by atoms with Crippen LogP contribution in [0.4, 0.5) is 5.69 Å². The first-order valence-corrected chi connectivity index (χ1v) is 7.79. The molecule has 0 amide bonds. The molecule has 3 rings (SSSR count). The molecule has 0 radical (unpaired) electrons. The van der Waals surface area contributed by atoms with E-state index in [1.165, 1.54) is 25.7 Å². The predicted molar refractivity (Wildman–Crippen MR) is 80.9 cm³/mol. The van der Waals surface area contributed by atoms with Crippen molar-refractivity contribution in [2.45, 2.75) is 38.1 Å². The highest BCUT2D eigenvalue weighted by atomic mass is 35.5. The first-order valence-electron chi connectivity index (χ1n) is 6.43. The largest absolute Gasteiger partial charge is 0.335 e. The Balaban J connectivity index is 1.75. The molecule has 1 aromatic carbocycles. The molecule has 1 fully saturated rings. The number of amidine groups is 1. The fourth-order valence-corrected chi connectivity index (χ4v) is 4.02. The van der Waals surface area contributed by atoms with Gasteiger partial charge in [-0.1, -0.05) is 42.3 Å². The maximum Gasteiger partial charge on any atom is 0.161 e. The van der Waals surface area contributed by atoms with Gasteiger partial charge in [0.25, 0.3) is 0 Å². The first-order chi connectivity index (χ1) is 8.67. The molecule has 18 heavy (non-hydrogen) atoms. The van der Waals surface area contributed by atoms with Gasteiger partial charge in [-0.3, -0.25) is 4.99 Å². The molecule has 2 nitrogen and oxygen atoms in total. The number of aliphatic imine (C=N–C) groups is 1. The summed E-state index contributed by atoms with van der Waals surface area (Å²) in [6.45, 7) is 2.02. The maximum absolute atomic E-state index is 6.13. The summed E-state index contributed by atoms with van der Waals surface area (Å²) in [7, 11) is 0. The van der Waals surface area contributed by atoms with Gasteiger partial charge in [0.2, 0.25) is 0 Å². The lowest BCUT2D eigenvalue weighted by atomic mass is 10.0. The number of rotatable bonds is 1. The van der Waals surface area contributed by atoms with Crippen LogP contribution in [-0.2, 0) is 0 Å². The van der Waals surface area contributed by atoms with Crippen LogP contribution in [0.15, 0.2) is 23.2 Å². The highest BCUT2D eigenvalue weighted by molar-refractivity contribution is 8.14. The molecule has 96 valence electrons. The minimum atomic E-state index is 0.238. The predicted octanol–water partition coefficient (Wildman–Crippen LogP) is 4.48. The number of thioether (sulfide) groups is 1. The van der Waals surface area contributed by atoms with Gasteiger partial charge in [0.05, 0.1) is 5.54 Å². The van der Waals surface area contributed by atoms with E-state index in [0.717, 1.165) is 27.2 Å². The van der Waals surface area contributed by atoms with Crippen molar-refractivity contribution in [1.82, 2.24) is 0 Å². The standard InChI is InChI=1S/C14H17ClN2S/c1-10-4-5-11(8-12(10)15)16-13-17-14(9-18-13)6-2-3-7-14/h4-5,8H,2-3,6-7,9H2,1H3,(H,16,17). The van der Waals surface area contributed by atoms with Gasteiger partial charge in [-0.2, -0.15) is 0 Å². The molecule has 0 aromatic heterocycles. The van der Waals surface area contributed by atoms with Crippen molar-refractivity contribution < 1.29 is 0 Å². The highest BCUT2D eigenvalue weighted by Crippen LogP contribution is 2.41. The summed E-state index contributed by atoms with van der Waals surface area (Å²) in [6, 6.07) is 6.07. The van der Waals surface area contributed by atoms with Gasteiger partial charge in [0, 0.05) is 16.5 Å². The van der Waals surface area contributed by atoms with Gasteiger partial charge in [0.1, 0.15) is 0 Å². The minimum absolute atomic E-state index is 0.238. The second-order valence-corrected chi connectivity index (χ2v) is 6.60. The zero-order chi connectivity index (χ0) is 12.6. The van der Waals surface area contributed by atoms with Gasteiger partial charge in [-0.15, -0.1) is 0 Å². The van der Waals surface area contributed by atoms with Crippen molar-refractivity contribution in [2.75, 3.05) is 11.1 Å². The van der Waals surface area contributed by atoms with Crippen molar-refractivity contribution in [3.63, 3.8) is 0 Å². The number of aryl methyl sites for hydroxylation is 1. The van der Waals surface area contributed by atoms with E-state index in [-0.39, 0.29) is 5.54 Å². The van der Waals surface area contributed by atoms with Gasteiger partial charge in [0.15, 0.2) is 5.17 Å². The number of nitrogens with one attached hydrogen (secondary N) is 1. The van der Waals surface area contributed by atoms with Crippen molar-refractivity contribution in [2.24, 2.45) is 4.99 Å². The average Bonchev–Trinajstić information content (AvgIpc) is 2.96. The molecule has 1 N–H and O–H groups in total. The Hall–Kier alpha value is -0.670. The van der Waals surface area contributed by atoms with Crippen LogP contribution in [0.1, 0.15) is 31.2 Å². The second kappa shape index (κ2) is 4.78. The van der Waals surface area contributed by atoms with E-state index < -0.39 is 0 Å². The topological polar surface area (TPSA) is 24.4 Å². The lowest BCUT2D eigenvalue weighted by molar-refractivity contribution is 0.508. The van der Waals surface area contributed by atoms with Gasteiger partial charge in [-0.25, -0.2) is 0 Å². The van der Waals surface area contributed by atoms with E-state index in [2.05, 4.69) is 11.4 Å². The third kappa shape index (κ3) is 2.39. The van der Waals surface area contributed by atoms with E-state index in [4.69, 9.17) is 16.6 Å². The molecule has 1 aromatic rings. The maximum atomic E-state index is 6.13. The van der Waals surface area contributed by atoms with Crippen LogP contribution < -0.4 is 5.32 Å². The summed E-state index contributed by atoms with van der Waals surface area (Å²) in [5.41, 5.74) is 2.38. The molecule has 4 heteroatoms. The number of anilines is 1. The number of hydrogen-bond acceptors (Lipinski definition) is 3. The summed E-state index contributed by atoms with van der Waals surface area (Å²) in [4.78, 5) is 4.89. The zero-order valence-corrected chi connectivity index (χ0v) is 12.1. The summed E-state index contributed by atoms with van der Waals surface area (Å²) in [5.74, 6) is 1.13. The van der Waals surface area contributed by atoms with Gasteiger partial charge in [-0.05, 0) is 37.5 Å². The van der Waals surface area contributed by atoms with Crippen molar-refractivity contribution >= 4 is 34.2 Å². The summed E-state index contributed by atoms with van der Waals surface area (Å²) >= 11 is 7.97. The molecule has 0 unspecified atom stereocenters. The number of benzene rings is 1. The zero-order valence-electron chi connectivity index (χ0n) is 10.5. The van der Waals surface area contributed by atoms with Crippen LogP contribution in [0, 0.1) is 6.92 Å². The second-order valence-electron chi connectivity index (χ2n) is 5.23. The summed E-state index contributed by atoms with van der Waals surface area (Å²) < 4.78 is 0. The Morgan fingerprint density at radius 1 is 1.33 bits per heavy atom. The van der Waals surface area contributed by atoms with Crippen molar-refractivity contribution in [3.8, 4) is 0 Å². The SMILES string of the molecule is Cc1ccc(NC2=NC3(CCCC3)CS2)cc1Cl. The molecule has 1 heterocycles. The molecule has 0 bridgehead atoms. The van der Waals surface area contributed by atoms with Gasteiger partial charge >= 0.3 is 0 Å². The molecule has 1 spiro atoms. The fourth-order valence-electron chi connectivity index (χ4n) is 2.63. The van der Waals surface area contributed by atoms with Crippen molar-refractivity contribution in [1.29, 1.82) is 0 Å². The van der Waals surface area contributed by atoms with Crippen LogP contribution in [0.3, 0.4) is 0 Å². The van der Waals surface area contributed by atoms with Crippen LogP contribution in [0.2, 0.25) is 5.02 Å². The van der Waals surface area contributed by atoms with E-state index in [9.17, 15) is 0 Å². The van der Waals surface area contributed by atoms with E-state index in [0.29, 0.717) is 0 Å². The van der Waals surface area contributed by atoms with Crippen LogP contribution >= 0.6 is 23.4 Å². The Morgan fingerprint density at radius 3 is 2.83 bits per heavy atom. The molecule has 1 aliphatic carbocycles. The summed E-state index contributed by atoms with van der Waals surface area (Å²) in [6.07, 6.45) is 5.15. The highest BCUT2D eigenvalue weighted by Gasteiger charge is 2.38. The molecule has 0 atom stereocenters. The lowest BCUT2D eigenvalue weighted by Crippen LogP contribution is -2.21. The van der Waals surface area contributed by atoms with E-state index >= 15 is 0 Å². The smallest absolute Gasteiger partial charge is 0.161 e. The summed E-state index contributed by atoms with van der Waals surface area (Å²) in [5, 5.41) is 5.25. The average molecular weight is 281 g/mol. The van der Waals surface area contributed by atoms with Crippen molar-refractivity contribution in [3.05, 3.63) is 28.8 Å². The molecule has 0 saturated heterocycles. The lowest BCUT2D eigenvalue weighted by Gasteiger charge is -2.16. The number of halogens is 1. The Morgan fingerprint density at radius 2 is 2.11 bits per heavy atom. The third-order valence-electron chi connectivity index (χ3n) is 3.77. The monoisotopic (exact) mass is 280 g/mol. The Bertz CT molecular complexity index is 493. The number of hydrogen-bond donors (Lipinski definition) is 1. The van der Waals surface area contributed by atoms with E-state index in [1.807, 2.05) is 30.8 Å². The number of nitrogens with zero attached hydrogens (tertiary/aromatic N) is 1. The normalized spacial score (nSPS) is 21.3. The quantitative estimate of drug-likeness (QED) is 0.820. The molecule has 1 saturated carbocycles. The van der Waals surface area contributed by atoms with Crippen LogP contribution in [0.5, 0.6) is 0 Å². The fraction of sp³-hybridized carbons (Fsp3) is 0.500. The molecular formula is C14H17ClN2S.